The summed E-state index contributed by atoms with van der Waals surface area (Å²) in [6.45, 7) is 5.32. The van der Waals surface area contributed by atoms with Crippen LogP contribution >= 0.6 is 0 Å². The first-order chi connectivity index (χ1) is 14.2. The minimum absolute atomic E-state index is 0.303. The summed E-state index contributed by atoms with van der Waals surface area (Å²) < 4.78 is 5.54. The molecule has 2 aromatic rings. The van der Waals surface area contributed by atoms with Crippen LogP contribution in [0.1, 0.15) is 30.9 Å². The van der Waals surface area contributed by atoms with Gasteiger partial charge >= 0.3 is 0 Å². The monoisotopic (exact) mass is 391 g/mol. The van der Waals surface area contributed by atoms with Crippen LogP contribution < -0.4 is 20.3 Å². The number of hydrogen-bond donors (Lipinski definition) is 2. The van der Waals surface area contributed by atoms with E-state index in [1.54, 1.807) is 7.11 Å². The lowest BCUT2D eigenvalue weighted by Gasteiger charge is -2.36. The van der Waals surface area contributed by atoms with Crippen LogP contribution in [0.15, 0.2) is 53.5 Å². The lowest BCUT2D eigenvalue weighted by atomic mass is 10.0. The van der Waals surface area contributed by atoms with E-state index < -0.39 is 0 Å². The molecule has 1 fully saturated rings. The summed E-state index contributed by atoms with van der Waals surface area (Å²) in [6, 6.07) is 18.2. The Kier molecular flexibility index (Phi) is 7.34. The van der Waals surface area contributed by atoms with Crippen LogP contribution in [0, 0.1) is 11.3 Å². The Morgan fingerprint density at radius 2 is 2.14 bits per heavy atom. The molecule has 2 N–H and O–H groups in total. The van der Waals surface area contributed by atoms with Crippen LogP contribution in [0.5, 0.6) is 5.75 Å². The van der Waals surface area contributed by atoms with E-state index in [2.05, 4.69) is 40.7 Å². The summed E-state index contributed by atoms with van der Waals surface area (Å²) in [5.74, 6) is 1.72. The van der Waals surface area contributed by atoms with E-state index in [1.165, 1.54) is 0 Å². The van der Waals surface area contributed by atoms with E-state index in [0.717, 1.165) is 55.4 Å². The van der Waals surface area contributed by atoms with Crippen molar-refractivity contribution in [2.45, 2.75) is 32.4 Å². The Morgan fingerprint density at radius 3 is 2.93 bits per heavy atom. The van der Waals surface area contributed by atoms with Gasteiger partial charge in [0.2, 0.25) is 0 Å². The third-order valence-corrected chi connectivity index (χ3v) is 5.01. The number of aliphatic imine (C=N–C) groups is 1. The molecule has 0 radical (unpaired) electrons. The van der Waals surface area contributed by atoms with E-state index in [1.807, 2.05) is 36.4 Å². The molecule has 6 nitrogen and oxygen atoms in total. The zero-order valence-electron chi connectivity index (χ0n) is 17.2. The molecular weight excluding hydrogens is 362 g/mol. The van der Waals surface area contributed by atoms with Gasteiger partial charge in [-0.1, -0.05) is 24.3 Å². The number of para-hydroxylation sites is 2. The lowest BCUT2D eigenvalue weighted by Crippen LogP contribution is -2.51. The predicted octanol–water partition coefficient (Wildman–Crippen LogP) is 3.29. The van der Waals surface area contributed by atoms with Crippen molar-refractivity contribution in [1.29, 1.82) is 5.26 Å². The average Bonchev–Trinajstić information content (AvgIpc) is 2.78. The first-order valence-electron chi connectivity index (χ1n) is 10.1. The summed E-state index contributed by atoms with van der Waals surface area (Å²) in [6.07, 6.45) is 2.21. The molecule has 0 bridgehead atoms. The fourth-order valence-electron chi connectivity index (χ4n) is 3.63. The molecule has 6 heteroatoms. The third-order valence-electron chi connectivity index (χ3n) is 5.01. The van der Waals surface area contributed by atoms with Gasteiger partial charge < -0.3 is 20.3 Å². The number of hydrogen-bond acceptors (Lipinski definition) is 4. The molecule has 0 aromatic heterocycles. The number of ether oxygens (including phenoxy) is 1. The van der Waals surface area contributed by atoms with Gasteiger partial charge in [0.25, 0.3) is 0 Å². The lowest BCUT2D eigenvalue weighted by molar-refractivity contribution is 0.408. The largest absolute Gasteiger partial charge is 0.495 e. The fraction of sp³-hybridized carbons (Fsp3) is 0.391. The van der Waals surface area contributed by atoms with Gasteiger partial charge in [-0.05, 0) is 49.6 Å². The molecule has 2 aromatic carbocycles. The summed E-state index contributed by atoms with van der Waals surface area (Å²) in [5.41, 5.74) is 2.83. The molecular formula is C23H29N5O. The maximum Gasteiger partial charge on any atom is 0.191 e. The number of methoxy groups -OCH3 is 1. The van der Waals surface area contributed by atoms with Gasteiger partial charge in [0.15, 0.2) is 5.96 Å². The van der Waals surface area contributed by atoms with Gasteiger partial charge in [-0.25, -0.2) is 4.99 Å². The standard InChI is InChI=1S/C23H29N5O/c1-3-25-23(26-16-19-9-6-8-18(14-19)15-24)27-20-10-7-13-28(17-20)21-11-4-5-12-22(21)29-2/h4-6,8-9,11-12,14,20H,3,7,10,13,16-17H2,1-2H3,(H2,25,26,27). The second kappa shape index (κ2) is 10.4. The van der Waals surface area contributed by atoms with Crippen LogP contribution in [-0.2, 0) is 6.54 Å². The molecule has 1 heterocycles. The Bertz CT molecular complexity index is 874. The Morgan fingerprint density at radius 1 is 1.28 bits per heavy atom. The molecule has 1 unspecified atom stereocenters. The first-order valence-corrected chi connectivity index (χ1v) is 10.1. The van der Waals surface area contributed by atoms with Gasteiger partial charge in [0.1, 0.15) is 5.75 Å². The Balaban J connectivity index is 1.67. The van der Waals surface area contributed by atoms with Gasteiger partial charge in [-0.3, -0.25) is 0 Å². The Hall–Kier alpha value is -3.20. The van der Waals surface area contributed by atoms with E-state index in [0.29, 0.717) is 18.2 Å². The number of nitriles is 1. The molecule has 0 saturated carbocycles. The van der Waals surface area contributed by atoms with Crippen molar-refractivity contribution in [3.63, 3.8) is 0 Å². The SMILES string of the molecule is CCNC(=NCc1cccc(C#N)c1)NC1CCCN(c2ccccc2OC)C1. The van der Waals surface area contributed by atoms with E-state index >= 15 is 0 Å². The molecule has 1 aliphatic heterocycles. The molecule has 0 amide bonds. The molecule has 3 rings (SSSR count). The van der Waals surface area contributed by atoms with E-state index in [9.17, 15) is 0 Å². The second-order valence-electron chi connectivity index (χ2n) is 7.11. The highest BCUT2D eigenvalue weighted by atomic mass is 16.5. The van der Waals surface area contributed by atoms with Crippen LogP contribution in [0.3, 0.4) is 0 Å². The molecule has 29 heavy (non-hydrogen) atoms. The van der Waals surface area contributed by atoms with Gasteiger partial charge in [0.05, 0.1) is 31.0 Å². The highest BCUT2D eigenvalue weighted by molar-refractivity contribution is 5.80. The van der Waals surface area contributed by atoms with Gasteiger partial charge in [-0.15, -0.1) is 0 Å². The van der Waals surface area contributed by atoms with Crippen LogP contribution in [-0.4, -0.2) is 38.7 Å². The van der Waals surface area contributed by atoms with Crippen molar-refractivity contribution < 1.29 is 4.74 Å². The summed E-state index contributed by atoms with van der Waals surface area (Å²) in [4.78, 5) is 7.10. The quantitative estimate of drug-likeness (QED) is 0.584. The minimum Gasteiger partial charge on any atom is -0.495 e. The summed E-state index contributed by atoms with van der Waals surface area (Å²) in [7, 11) is 1.72. The van der Waals surface area contributed by atoms with Crippen molar-refractivity contribution in [1.82, 2.24) is 10.6 Å². The van der Waals surface area contributed by atoms with Crippen LogP contribution in [0.4, 0.5) is 5.69 Å². The predicted molar refractivity (Wildman–Crippen MR) is 117 cm³/mol. The van der Waals surface area contributed by atoms with Gasteiger partial charge in [-0.2, -0.15) is 5.26 Å². The van der Waals surface area contributed by atoms with Crippen LogP contribution in [0.25, 0.3) is 0 Å². The molecule has 1 atom stereocenters. The fourth-order valence-corrected chi connectivity index (χ4v) is 3.63. The second-order valence-corrected chi connectivity index (χ2v) is 7.11. The zero-order chi connectivity index (χ0) is 20.5. The number of nitrogens with one attached hydrogen (secondary N) is 2. The number of guanidine groups is 1. The van der Waals surface area contributed by atoms with Crippen LogP contribution in [0.2, 0.25) is 0 Å². The van der Waals surface area contributed by atoms with Crippen molar-refractivity contribution >= 4 is 11.6 Å². The molecule has 1 aliphatic rings. The smallest absolute Gasteiger partial charge is 0.191 e. The summed E-state index contributed by atoms with van der Waals surface area (Å²) in [5, 5.41) is 16.0. The number of benzene rings is 2. The highest BCUT2D eigenvalue weighted by Crippen LogP contribution is 2.29. The maximum atomic E-state index is 9.07. The Labute approximate surface area is 173 Å². The molecule has 1 saturated heterocycles. The van der Waals surface area contributed by atoms with Crippen molar-refractivity contribution in [3.8, 4) is 11.8 Å². The van der Waals surface area contributed by atoms with E-state index in [-0.39, 0.29) is 0 Å². The van der Waals surface area contributed by atoms with Crippen molar-refractivity contribution in [2.24, 2.45) is 4.99 Å². The average molecular weight is 392 g/mol. The summed E-state index contributed by atoms with van der Waals surface area (Å²) >= 11 is 0. The maximum absolute atomic E-state index is 9.07. The third kappa shape index (κ3) is 5.64. The first kappa shape index (κ1) is 20.5. The number of nitrogens with zero attached hydrogens (tertiary/aromatic N) is 3. The number of piperidine rings is 1. The molecule has 152 valence electrons. The minimum atomic E-state index is 0.303. The van der Waals surface area contributed by atoms with Crippen molar-refractivity contribution in [3.05, 3.63) is 59.7 Å². The molecule has 0 spiro atoms. The van der Waals surface area contributed by atoms with E-state index in [4.69, 9.17) is 15.0 Å². The zero-order valence-corrected chi connectivity index (χ0v) is 17.2. The number of anilines is 1. The highest BCUT2D eigenvalue weighted by Gasteiger charge is 2.22. The normalized spacial score (nSPS) is 16.8. The van der Waals surface area contributed by atoms with Crippen molar-refractivity contribution in [2.75, 3.05) is 31.6 Å². The van der Waals surface area contributed by atoms with Gasteiger partial charge in [0, 0.05) is 25.7 Å². The number of rotatable bonds is 6. The topological polar surface area (TPSA) is 72.7 Å². The molecule has 0 aliphatic carbocycles.